The molecular formula is C5H12S2. The quantitative estimate of drug-likeness (QED) is 0.382. The second-order valence-electron chi connectivity index (χ2n) is 2.34. The van der Waals surface area contributed by atoms with E-state index in [1.54, 1.807) is 0 Å². The summed E-state index contributed by atoms with van der Waals surface area (Å²) in [5, 5.41) is 0. The molecule has 0 N–H and O–H groups in total. The first-order valence-corrected chi connectivity index (χ1v) is 6.10. The number of thiol groups is 1. The van der Waals surface area contributed by atoms with Crippen LogP contribution in [0.25, 0.3) is 0 Å². The molecule has 1 rings (SSSR count). The topological polar surface area (TPSA) is 0 Å². The highest BCUT2D eigenvalue weighted by Gasteiger charge is 2.17. The molecule has 1 aliphatic heterocycles. The van der Waals surface area contributed by atoms with Gasteiger partial charge in [0.2, 0.25) is 0 Å². The van der Waals surface area contributed by atoms with Crippen LogP contribution in [0.1, 0.15) is 12.8 Å². The minimum absolute atomic E-state index is 0.352. The maximum absolute atomic E-state index is 4.53. The van der Waals surface area contributed by atoms with Gasteiger partial charge in [-0.1, -0.05) is 0 Å². The van der Waals surface area contributed by atoms with Gasteiger partial charge in [-0.05, 0) is 30.6 Å². The molecule has 44 valence electrons. The molecule has 1 heterocycles. The molecule has 0 aromatic rings. The normalized spacial score (nSPS) is 32.9. The van der Waals surface area contributed by atoms with Crippen molar-refractivity contribution < 1.29 is 0 Å². The Balaban J connectivity index is 2.40. The van der Waals surface area contributed by atoms with E-state index < -0.39 is 0 Å². The van der Waals surface area contributed by atoms with Gasteiger partial charge in [0.15, 0.2) is 0 Å². The zero-order valence-corrected chi connectivity index (χ0v) is 6.39. The summed E-state index contributed by atoms with van der Waals surface area (Å²) in [6.07, 6.45) is 5.16. The fourth-order valence-electron chi connectivity index (χ4n) is 0.928. The van der Waals surface area contributed by atoms with E-state index in [0.717, 1.165) is 0 Å². The lowest BCUT2D eigenvalue weighted by molar-refractivity contribution is 0.949. The lowest BCUT2D eigenvalue weighted by Crippen LogP contribution is -1.86. The molecule has 0 aliphatic carbocycles. The van der Waals surface area contributed by atoms with Gasteiger partial charge in [-0.15, -0.1) is 11.7 Å². The highest BCUT2D eigenvalue weighted by Crippen LogP contribution is 2.54. The van der Waals surface area contributed by atoms with Crippen LogP contribution in [0, 0.1) is 0 Å². The highest BCUT2D eigenvalue weighted by atomic mass is 33.1. The molecular weight excluding hydrogens is 124 g/mol. The van der Waals surface area contributed by atoms with E-state index in [9.17, 15) is 0 Å². The van der Waals surface area contributed by atoms with Crippen LogP contribution in [-0.4, -0.2) is 17.8 Å². The lowest BCUT2D eigenvalue weighted by atomic mass is 10.4. The van der Waals surface area contributed by atoms with Gasteiger partial charge in [-0.25, -0.2) is 0 Å². The Morgan fingerprint density at radius 3 is 1.86 bits per heavy atom. The number of hydrogen-bond donors (Lipinski definition) is 1. The van der Waals surface area contributed by atoms with Crippen molar-refractivity contribution in [3.05, 3.63) is 0 Å². The molecule has 0 amide bonds. The van der Waals surface area contributed by atoms with Gasteiger partial charge in [-0.3, -0.25) is 0 Å². The van der Waals surface area contributed by atoms with Crippen molar-refractivity contribution in [1.29, 1.82) is 0 Å². The maximum atomic E-state index is 4.53. The lowest BCUT2D eigenvalue weighted by Gasteiger charge is -2.20. The van der Waals surface area contributed by atoms with Crippen molar-refractivity contribution in [3.63, 3.8) is 0 Å². The van der Waals surface area contributed by atoms with E-state index in [2.05, 4.69) is 17.9 Å². The van der Waals surface area contributed by atoms with Gasteiger partial charge in [0.25, 0.3) is 0 Å². The van der Waals surface area contributed by atoms with E-state index in [1.807, 2.05) is 0 Å². The summed E-state index contributed by atoms with van der Waals surface area (Å²) in [6.45, 7) is 0. The Hall–Kier alpha value is 0.700. The Bertz CT molecular complexity index is 60.5. The molecule has 0 atom stereocenters. The second kappa shape index (κ2) is 1.90. The molecule has 0 aromatic carbocycles. The molecule has 0 aromatic heterocycles. The zero-order chi connectivity index (χ0) is 5.33. The van der Waals surface area contributed by atoms with Crippen LogP contribution in [0.5, 0.6) is 0 Å². The molecule has 1 aliphatic rings. The van der Waals surface area contributed by atoms with E-state index in [4.69, 9.17) is 0 Å². The summed E-state index contributed by atoms with van der Waals surface area (Å²) in [4.78, 5) is 0. The summed E-state index contributed by atoms with van der Waals surface area (Å²) in [7, 11) is -0.352. The average molecular weight is 136 g/mol. The van der Waals surface area contributed by atoms with Gasteiger partial charge in [-0.2, -0.15) is 9.06 Å². The molecule has 7 heavy (non-hydrogen) atoms. The third kappa shape index (κ3) is 1.57. The molecule has 2 heteroatoms. The summed E-state index contributed by atoms with van der Waals surface area (Å²) in [5.74, 6) is 2.80. The van der Waals surface area contributed by atoms with Gasteiger partial charge in [0.1, 0.15) is 0 Å². The Morgan fingerprint density at radius 1 is 1.29 bits per heavy atom. The van der Waals surface area contributed by atoms with Gasteiger partial charge < -0.3 is 0 Å². The van der Waals surface area contributed by atoms with Crippen LogP contribution in [0.2, 0.25) is 0 Å². The largest absolute Gasteiger partial charge is 0.198 e. The van der Waals surface area contributed by atoms with Crippen molar-refractivity contribution in [3.8, 4) is 0 Å². The first-order chi connectivity index (χ1) is 3.21. The maximum Gasteiger partial charge on any atom is -0.0146 e. The second-order valence-corrected chi connectivity index (χ2v) is 8.24. The zero-order valence-electron chi connectivity index (χ0n) is 4.68. The summed E-state index contributed by atoms with van der Waals surface area (Å²) >= 11 is 4.53. The van der Waals surface area contributed by atoms with Gasteiger partial charge in [0, 0.05) is 0 Å². The summed E-state index contributed by atoms with van der Waals surface area (Å²) in [6, 6.07) is 0. The first kappa shape index (κ1) is 5.83. The van der Waals surface area contributed by atoms with Crippen LogP contribution in [0.4, 0.5) is 0 Å². The fraction of sp³-hybridized carbons (Fsp3) is 1.00. The standard InChI is InChI=1S/C5H12S2/c1-7(6)4-2-3-5-7/h6H,2-5H2,1H3. The summed E-state index contributed by atoms with van der Waals surface area (Å²) < 4.78 is 0. The molecule has 1 saturated heterocycles. The molecule has 0 bridgehead atoms. The summed E-state index contributed by atoms with van der Waals surface area (Å²) in [5.41, 5.74) is 0. The van der Waals surface area contributed by atoms with Crippen molar-refractivity contribution in [2.75, 3.05) is 17.8 Å². The number of hydrogen-bond acceptors (Lipinski definition) is 1. The number of rotatable bonds is 0. The van der Waals surface area contributed by atoms with Crippen molar-refractivity contribution in [2.45, 2.75) is 12.8 Å². The Kier molecular flexibility index (Phi) is 1.58. The van der Waals surface area contributed by atoms with Gasteiger partial charge in [0.05, 0.1) is 0 Å². The van der Waals surface area contributed by atoms with Crippen LogP contribution < -0.4 is 0 Å². The minimum atomic E-state index is -0.352. The predicted octanol–water partition coefficient (Wildman–Crippen LogP) is 2.06. The molecule has 0 unspecified atom stereocenters. The van der Waals surface area contributed by atoms with Crippen LogP contribution >= 0.6 is 20.7 Å². The molecule has 0 radical (unpaired) electrons. The van der Waals surface area contributed by atoms with Crippen molar-refractivity contribution >= 4 is 20.7 Å². The first-order valence-electron chi connectivity index (χ1n) is 2.67. The van der Waals surface area contributed by atoms with Crippen LogP contribution in [0.3, 0.4) is 0 Å². The minimum Gasteiger partial charge on any atom is -0.198 e. The average Bonchev–Trinajstić information content (AvgIpc) is 1.84. The van der Waals surface area contributed by atoms with Crippen molar-refractivity contribution in [2.24, 2.45) is 0 Å². The van der Waals surface area contributed by atoms with E-state index in [1.165, 1.54) is 24.3 Å². The highest BCUT2D eigenvalue weighted by molar-refractivity contribution is 8.87. The monoisotopic (exact) mass is 136 g/mol. The molecule has 0 nitrogen and oxygen atoms in total. The molecule has 1 fully saturated rings. The third-order valence-corrected chi connectivity index (χ3v) is 4.85. The Labute approximate surface area is 51.8 Å². The van der Waals surface area contributed by atoms with Crippen LogP contribution in [0.15, 0.2) is 0 Å². The third-order valence-electron chi connectivity index (χ3n) is 1.42. The Morgan fingerprint density at radius 2 is 1.71 bits per heavy atom. The predicted molar refractivity (Wildman–Crippen MR) is 41.5 cm³/mol. The van der Waals surface area contributed by atoms with E-state index in [-0.39, 0.29) is 9.06 Å². The van der Waals surface area contributed by atoms with E-state index >= 15 is 0 Å². The van der Waals surface area contributed by atoms with Crippen LogP contribution in [-0.2, 0) is 0 Å². The fourth-order valence-corrected chi connectivity index (χ4v) is 3.56. The smallest absolute Gasteiger partial charge is 0.0146 e. The molecule has 0 saturated carbocycles. The van der Waals surface area contributed by atoms with E-state index in [0.29, 0.717) is 0 Å². The van der Waals surface area contributed by atoms with Crippen molar-refractivity contribution in [1.82, 2.24) is 0 Å². The van der Waals surface area contributed by atoms with Gasteiger partial charge >= 0.3 is 0 Å². The SMILES string of the molecule is CS1(S)CCCC1. The molecule has 0 spiro atoms.